The van der Waals surface area contributed by atoms with Gasteiger partial charge in [0.15, 0.2) is 4.67 Å². The second-order valence-electron chi connectivity index (χ2n) is 3.12. The van der Waals surface area contributed by atoms with Crippen LogP contribution in [0.25, 0.3) is 0 Å². The molecule has 0 saturated heterocycles. The first-order chi connectivity index (χ1) is 7.20. The van der Waals surface area contributed by atoms with Crippen molar-refractivity contribution in [3.05, 3.63) is 22.6 Å². The van der Waals surface area contributed by atoms with Gasteiger partial charge in [-0.25, -0.2) is 0 Å². The quantitative estimate of drug-likeness (QED) is 0.893. The summed E-state index contributed by atoms with van der Waals surface area (Å²) in [6.07, 6.45) is 2.32. The number of carbonyl (C=O) groups excluding carboxylic acids is 1. The molecular formula is C10H14BrNO3. The molecule has 0 bridgehead atoms. The van der Waals surface area contributed by atoms with Crippen LogP contribution >= 0.6 is 15.9 Å². The molecule has 1 amide bonds. The van der Waals surface area contributed by atoms with Gasteiger partial charge in [0.05, 0.1) is 18.4 Å². The van der Waals surface area contributed by atoms with Crippen LogP contribution in [0.2, 0.25) is 0 Å². The van der Waals surface area contributed by atoms with Gasteiger partial charge in [-0.2, -0.15) is 0 Å². The molecule has 1 aromatic heterocycles. The van der Waals surface area contributed by atoms with Crippen LogP contribution in [0.4, 0.5) is 0 Å². The maximum absolute atomic E-state index is 11.9. The lowest BCUT2D eigenvalue weighted by Crippen LogP contribution is -2.34. The molecule has 84 valence electrons. The fraction of sp³-hybridized carbons (Fsp3) is 0.500. The molecule has 0 fully saturated rings. The van der Waals surface area contributed by atoms with E-state index in [4.69, 9.17) is 9.52 Å². The molecule has 1 N–H and O–H groups in total. The topological polar surface area (TPSA) is 53.7 Å². The monoisotopic (exact) mass is 275 g/mol. The highest BCUT2D eigenvalue weighted by Crippen LogP contribution is 2.19. The van der Waals surface area contributed by atoms with Crippen molar-refractivity contribution in [1.82, 2.24) is 4.90 Å². The molecule has 0 radical (unpaired) electrons. The number of carbonyl (C=O) groups is 1. The zero-order valence-electron chi connectivity index (χ0n) is 8.57. The van der Waals surface area contributed by atoms with Gasteiger partial charge in [0, 0.05) is 13.1 Å². The average molecular weight is 276 g/mol. The van der Waals surface area contributed by atoms with Gasteiger partial charge in [-0.15, -0.1) is 0 Å². The zero-order valence-corrected chi connectivity index (χ0v) is 10.2. The Kier molecular flexibility index (Phi) is 4.84. The van der Waals surface area contributed by atoms with Crippen molar-refractivity contribution in [2.24, 2.45) is 0 Å². The molecule has 0 aliphatic carbocycles. The highest BCUT2D eigenvalue weighted by molar-refractivity contribution is 9.10. The van der Waals surface area contributed by atoms with Crippen molar-refractivity contribution in [2.75, 3.05) is 19.7 Å². The third-order valence-corrected chi connectivity index (χ3v) is 2.61. The minimum absolute atomic E-state index is 0.0266. The number of aliphatic hydroxyl groups is 1. The second-order valence-corrected chi connectivity index (χ2v) is 3.84. The number of amides is 1. The first-order valence-electron chi connectivity index (χ1n) is 4.83. The lowest BCUT2D eigenvalue weighted by atomic mass is 10.2. The second kappa shape index (κ2) is 5.92. The standard InChI is InChI=1S/C10H14BrNO3/c1-2-4-12(5-6-13)10(14)8-3-7-15-9(8)11/h3,7,13H,2,4-6H2,1H3. The van der Waals surface area contributed by atoms with Crippen molar-refractivity contribution in [2.45, 2.75) is 13.3 Å². The lowest BCUT2D eigenvalue weighted by molar-refractivity contribution is 0.0720. The normalized spacial score (nSPS) is 10.3. The summed E-state index contributed by atoms with van der Waals surface area (Å²) < 4.78 is 5.44. The van der Waals surface area contributed by atoms with E-state index < -0.39 is 0 Å². The van der Waals surface area contributed by atoms with Gasteiger partial charge in [-0.1, -0.05) is 6.92 Å². The molecule has 5 heteroatoms. The smallest absolute Gasteiger partial charge is 0.258 e. The van der Waals surface area contributed by atoms with Crippen LogP contribution in [0.3, 0.4) is 0 Å². The van der Waals surface area contributed by atoms with Gasteiger partial charge < -0.3 is 14.4 Å². The predicted octanol–water partition coefficient (Wildman–Crippen LogP) is 1.89. The first kappa shape index (κ1) is 12.3. The highest BCUT2D eigenvalue weighted by Gasteiger charge is 2.18. The summed E-state index contributed by atoms with van der Waals surface area (Å²) in [5, 5.41) is 8.85. The van der Waals surface area contributed by atoms with Crippen molar-refractivity contribution in [1.29, 1.82) is 0 Å². The number of hydrogen-bond donors (Lipinski definition) is 1. The van der Waals surface area contributed by atoms with Gasteiger partial charge in [-0.3, -0.25) is 4.79 Å². The number of hydrogen-bond acceptors (Lipinski definition) is 3. The Balaban J connectivity index is 2.76. The van der Waals surface area contributed by atoms with E-state index in [1.165, 1.54) is 6.26 Å². The Morgan fingerprint density at radius 3 is 2.80 bits per heavy atom. The van der Waals surface area contributed by atoms with Crippen LogP contribution in [0, 0.1) is 0 Å². The van der Waals surface area contributed by atoms with Gasteiger partial charge in [0.1, 0.15) is 0 Å². The Hall–Kier alpha value is -0.810. The summed E-state index contributed by atoms with van der Waals surface area (Å²) >= 11 is 3.16. The molecule has 0 aliphatic rings. The van der Waals surface area contributed by atoms with Crippen molar-refractivity contribution >= 4 is 21.8 Å². The van der Waals surface area contributed by atoms with Crippen LogP contribution in [-0.4, -0.2) is 35.6 Å². The van der Waals surface area contributed by atoms with Crippen molar-refractivity contribution in [3.63, 3.8) is 0 Å². The maximum Gasteiger partial charge on any atom is 0.258 e. The van der Waals surface area contributed by atoms with E-state index in [-0.39, 0.29) is 12.5 Å². The van der Waals surface area contributed by atoms with E-state index in [0.29, 0.717) is 23.3 Å². The van der Waals surface area contributed by atoms with Crippen molar-refractivity contribution < 1.29 is 14.3 Å². The molecule has 15 heavy (non-hydrogen) atoms. The Morgan fingerprint density at radius 2 is 2.33 bits per heavy atom. The van der Waals surface area contributed by atoms with E-state index in [9.17, 15) is 4.79 Å². The molecular weight excluding hydrogens is 262 g/mol. The summed E-state index contributed by atoms with van der Waals surface area (Å²) in [7, 11) is 0. The highest BCUT2D eigenvalue weighted by atomic mass is 79.9. The third kappa shape index (κ3) is 3.07. The Morgan fingerprint density at radius 1 is 1.60 bits per heavy atom. The minimum Gasteiger partial charge on any atom is -0.457 e. The fourth-order valence-electron chi connectivity index (χ4n) is 1.32. The van der Waals surface area contributed by atoms with Gasteiger partial charge in [0.25, 0.3) is 5.91 Å². The van der Waals surface area contributed by atoms with E-state index in [1.54, 1.807) is 11.0 Å². The van der Waals surface area contributed by atoms with Crippen LogP contribution < -0.4 is 0 Å². The van der Waals surface area contributed by atoms with Crippen LogP contribution in [0.15, 0.2) is 21.4 Å². The van der Waals surface area contributed by atoms with E-state index in [1.807, 2.05) is 6.92 Å². The minimum atomic E-state index is -0.119. The average Bonchev–Trinajstić information content (AvgIpc) is 2.63. The Labute approximate surface area is 97.0 Å². The molecule has 0 unspecified atom stereocenters. The maximum atomic E-state index is 11.9. The molecule has 0 aromatic carbocycles. The molecule has 1 aromatic rings. The summed E-state index contributed by atoms with van der Waals surface area (Å²) in [6, 6.07) is 1.62. The van der Waals surface area contributed by atoms with Crippen molar-refractivity contribution in [3.8, 4) is 0 Å². The van der Waals surface area contributed by atoms with Crippen LogP contribution in [0.1, 0.15) is 23.7 Å². The SMILES string of the molecule is CCCN(CCO)C(=O)c1ccoc1Br. The van der Waals surface area contributed by atoms with E-state index in [0.717, 1.165) is 6.42 Å². The summed E-state index contributed by atoms with van der Waals surface area (Å²) in [5.74, 6) is -0.119. The predicted molar refractivity (Wildman–Crippen MR) is 59.7 cm³/mol. The summed E-state index contributed by atoms with van der Waals surface area (Å²) in [5.41, 5.74) is 0.497. The third-order valence-electron chi connectivity index (χ3n) is 2.00. The van der Waals surface area contributed by atoms with E-state index >= 15 is 0 Å². The summed E-state index contributed by atoms with van der Waals surface area (Å²) in [4.78, 5) is 13.5. The van der Waals surface area contributed by atoms with Gasteiger partial charge >= 0.3 is 0 Å². The first-order valence-corrected chi connectivity index (χ1v) is 5.63. The largest absolute Gasteiger partial charge is 0.457 e. The number of aliphatic hydroxyl groups excluding tert-OH is 1. The number of halogens is 1. The molecule has 0 aliphatic heterocycles. The van der Waals surface area contributed by atoms with E-state index in [2.05, 4.69) is 15.9 Å². The number of rotatable bonds is 5. The molecule has 0 spiro atoms. The number of nitrogens with zero attached hydrogens (tertiary/aromatic N) is 1. The molecule has 4 nitrogen and oxygen atoms in total. The molecule has 1 rings (SSSR count). The lowest BCUT2D eigenvalue weighted by Gasteiger charge is -2.20. The fourth-order valence-corrected chi connectivity index (χ4v) is 1.73. The summed E-state index contributed by atoms with van der Waals surface area (Å²) in [6.45, 7) is 2.95. The molecule has 1 heterocycles. The van der Waals surface area contributed by atoms with Crippen LogP contribution in [0.5, 0.6) is 0 Å². The molecule has 0 saturated carbocycles. The van der Waals surface area contributed by atoms with Gasteiger partial charge in [0.2, 0.25) is 0 Å². The number of furan rings is 1. The zero-order chi connectivity index (χ0) is 11.3. The van der Waals surface area contributed by atoms with Crippen LogP contribution in [-0.2, 0) is 0 Å². The molecule has 0 atom stereocenters. The Bertz CT molecular complexity index is 318. The van der Waals surface area contributed by atoms with Gasteiger partial charge in [-0.05, 0) is 28.4 Å².